The van der Waals surface area contributed by atoms with Crippen LogP contribution in [0.15, 0.2) is 6.20 Å². The van der Waals surface area contributed by atoms with Gasteiger partial charge < -0.3 is 14.7 Å². The van der Waals surface area contributed by atoms with Crippen molar-refractivity contribution in [3.63, 3.8) is 0 Å². The number of carbonyl (C=O) groups excluding carboxylic acids is 1. The first-order chi connectivity index (χ1) is 9.86. The summed E-state index contributed by atoms with van der Waals surface area (Å²) in [6.07, 6.45) is 1.42. The van der Waals surface area contributed by atoms with Crippen LogP contribution in [0.25, 0.3) is 0 Å². The lowest BCUT2D eigenvalue weighted by molar-refractivity contribution is -0.136. The van der Waals surface area contributed by atoms with Gasteiger partial charge in [0, 0.05) is 18.8 Å². The third kappa shape index (κ3) is 4.70. The molecule has 1 N–H and O–H groups in total. The number of carboxylic acids is 1. The predicted molar refractivity (Wildman–Crippen MR) is 77.5 cm³/mol. The van der Waals surface area contributed by atoms with E-state index in [1.165, 1.54) is 6.20 Å². The second-order valence-corrected chi connectivity index (χ2v) is 4.82. The van der Waals surface area contributed by atoms with E-state index >= 15 is 0 Å². The molecule has 0 saturated heterocycles. The van der Waals surface area contributed by atoms with Crippen LogP contribution in [0.4, 0.5) is 5.95 Å². The van der Waals surface area contributed by atoms with Gasteiger partial charge in [-0.3, -0.25) is 4.79 Å². The van der Waals surface area contributed by atoms with Gasteiger partial charge >= 0.3 is 11.9 Å². The second kappa shape index (κ2) is 7.56. The van der Waals surface area contributed by atoms with E-state index in [0.717, 1.165) is 0 Å². The Labute approximate surface area is 124 Å². The van der Waals surface area contributed by atoms with Crippen molar-refractivity contribution in [2.75, 3.05) is 18.1 Å². The lowest BCUT2D eigenvalue weighted by atomic mass is 10.2. The van der Waals surface area contributed by atoms with Crippen molar-refractivity contribution in [3.05, 3.63) is 17.5 Å². The maximum absolute atomic E-state index is 11.7. The number of aromatic nitrogens is 2. The molecule has 0 aliphatic rings. The molecule has 1 heterocycles. The zero-order valence-electron chi connectivity index (χ0n) is 12.8. The fourth-order valence-electron chi connectivity index (χ4n) is 1.81. The molecule has 0 radical (unpaired) electrons. The van der Waals surface area contributed by atoms with Crippen molar-refractivity contribution in [2.24, 2.45) is 0 Å². The number of carboxylic acid groups (broad SMARTS) is 1. The van der Waals surface area contributed by atoms with Gasteiger partial charge in [0.15, 0.2) is 0 Å². The minimum absolute atomic E-state index is 0.000214. The highest BCUT2D eigenvalue weighted by Crippen LogP contribution is 2.15. The molecule has 1 aromatic rings. The maximum Gasteiger partial charge on any atom is 0.341 e. The molecule has 7 heteroatoms. The van der Waals surface area contributed by atoms with Crippen LogP contribution >= 0.6 is 0 Å². The van der Waals surface area contributed by atoms with Gasteiger partial charge in [-0.25, -0.2) is 14.8 Å². The van der Waals surface area contributed by atoms with E-state index in [9.17, 15) is 9.59 Å². The Kier molecular flexibility index (Phi) is 6.08. The van der Waals surface area contributed by atoms with Crippen LogP contribution in [-0.2, 0) is 9.53 Å². The topological polar surface area (TPSA) is 92.6 Å². The molecule has 0 amide bonds. The second-order valence-electron chi connectivity index (χ2n) is 4.82. The summed E-state index contributed by atoms with van der Waals surface area (Å²) in [4.78, 5) is 32.7. The summed E-state index contributed by atoms with van der Waals surface area (Å²) in [6, 6.07) is 0.0530. The molecule has 0 saturated carbocycles. The maximum atomic E-state index is 11.7. The monoisotopic (exact) mass is 295 g/mol. The molecule has 0 aromatic carbocycles. The number of nitrogens with zero attached hydrogens (tertiary/aromatic N) is 3. The SMILES string of the molecule is CCOC(=O)c1cnc(N(CCC(=O)O)C(C)C)nc1C. The van der Waals surface area contributed by atoms with Crippen LogP contribution in [0.1, 0.15) is 43.2 Å². The van der Waals surface area contributed by atoms with Gasteiger partial charge in [-0.1, -0.05) is 0 Å². The summed E-state index contributed by atoms with van der Waals surface area (Å²) in [7, 11) is 0. The summed E-state index contributed by atoms with van der Waals surface area (Å²) in [5, 5.41) is 8.79. The smallest absolute Gasteiger partial charge is 0.341 e. The Bertz CT molecular complexity index is 517. The number of carbonyl (C=O) groups is 2. The zero-order valence-corrected chi connectivity index (χ0v) is 12.8. The lowest BCUT2D eigenvalue weighted by Crippen LogP contribution is -2.34. The highest BCUT2D eigenvalue weighted by molar-refractivity contribution is 5.90. The van der Waals surface area contributed by atoms with Crippen molar-refractivity contribution in [2.45, 2.75) is 40.2 Å². The minimum atomic E-state index is -0.875. The van der Waals surface area contributed by atoms with Crippen LogP contribution in [0, 0.1) is 6.92 Å². The Morgan fingerprint density at radius 3 is 2.57 bits per heavy atom. The fraction of sp³-hybridized carbons (Fsp3) is 0.571. The molecule has 7 nitrogen and oxygen atoms in total. The van der Waals surface area contributed by atoms with Crippen molar-refractivity contribution < 1.29 is 19.4 Å². The Hall–Kier alpha value is -2.18. The summed E-state index contributed by atoms with van der Waals surface area (Å²) < 4.78 is 4.93. The van der Waals surface area contributed by atoms with Crippen LogP contribution < -0.4 is 4.90 Å². The first kappa shape index (κ1) is 16.9. The van der Waals surface area contributed by atoms with E-state index in [1.54, 1.807) is 18.7 Å². The first-order valence-electron chi connectivity index (χ1n) is 6.86. The van der Waals surface area contributed by atoms with E-state index in [2.05, 4.69) is 9.97 Å². The van der Waals surface area contributed by atoms with Gasteiger partial charge in [0.1, 0.15) is 0 Å². The molecule has 0 unspecified atom stereocenters. The number of esters is 1. The number of rotatable bonds is 7. The third-order valence-corrected chi connectivity index (χ3v) is 2.91. The van der Waals surface area contributed by atoms with Gasteiger partial charge in [0.25, 0.3) is 0 Å². The first-order valence-corrected chi connectivity index (χ1v) is 6.86. The van der Waals surface area contributed by atoms with Gasteiger partial charge in [0.05, 0.1) is 24.3 Å². The van der Waals surface area contributed by atoms with E-state index in [-0.39, 0.29) is 19.1 Å². The number of anilines is 1. The van der Waals surface area contributed by atoms with E-state index in [0.29, 0.717) is 23.8 Å². The molecule has 0 aliphatic carbocycles. The van der Waals surface area contributed by atoms with E-state index < -0.39 is 11.9 Å². The molecule has 1 aromatic heterocycles. The summed E-state index contributed by atoms with van der Waals surface area (Å²) in [5.41, 5.74) is 0.835. The van der Waals surface area contributed by atoms with Crippen molar-refractivity contribution >= 4 is 17.9 Å². The molecule has 0 aliphatic heterocycles. The van der Waals surface area contributed by atoms with Crippen LogP contribution in [0.5, 0.6) is 0 Å². The molecular weight excluding hydrogens is 274 g/mol. The lowest BCUT2D eigenvalue weighted by Gasteiger charge is -2.26. The normalized spacial score (nSPS) is 10.5. The average molecular weight is 295 g/mol. The molecular formula is C14H21N3O4. The summed E-state index contributed by atoms with van der Waals surface area (Å²) in [5.74, 6) is -0.916. The summed E-state index contributed by atoms with van der Waals surface area (Å²) >= 11 is 0. The molecule has 0 bridgehead atoms. The molecule has 0 fully saturated rings. The fourth-order valence-corrected chi connectivity index (χ4v) is 1.81. The molecule has 21 heavy (non-hydrogen) atoms. The predicted octanol–water partition coefficient (Wildman–Crippen LogP) is 1.65. The number of ether oxygens (including phenoxy) is 1. The van der Waals surface area contributed by atoms with E-state index in [1.807, 2.05) is 13.8 Å². The number of hydrogen-bond donors (Lipinski definition) is 1. The highest BCUT2D eigenvalue weighted by Gasteiger charge is 2.18. The van der Waals surface area contributed by atoms with Gasteiger partial charge in [-0.2, -0.15) is 0 Å². The van der Waals surface area contributed by atoms with Crippen molar-refractivity contribution in [3.8, 4) is 0 Å². The average Bonchev–Trinajstić information content (AvgIpc) is 2.38. The molecule has 1 rings (SSSR count). The highest BCUT2D eigenvalue weighted by atomic mass is 16.5. The van der Waals surface area contributed by atoms with Crippen molar-refractivity contribution in [1.29, 1.82) is 0 Å². The van der Waals surface area contributed by atoms with Crippen LogP contribution in [0.2, 0.25) is 0 Å². The summed E-state index contributed by atoms with van der Waals surface area (Å²) in [6.45, 7) is 7.89. The molecule has 0 spiro atoms. The van der Waals surface area contributed by atoms with Gasteiger partial charge in [-0.15, -0.1) is 0 Å². The van der Waals surface area contributed by atoms with Crippen LogP contribution in [-0.4, -0.2) is 46.2 Å². The van der Waals surface area contributed by atoms with Crippen LogP contribution in [0.3, 0.4) is 0 Å². The minimum Gasteiger partial charge on any atom is -0.481 e. The largest absolute Gasteiger partial charge is 0.481 e. The molecule has 0 atom stereocenters. The van der Waals surface area contributed by atoms with E-state index in [4.69, 9.17) is 9.84 Å². The number of hydrogen-bond acceptors (Lipinski definition) is 6. The quantitative estimate of drug-likeness (QED) is 0.764. The molecule has 116 valence electrons. The zero-order chi connectivity index (χ0) is 16.0. The Morgan fingerprint density at radius 1 is 1.43 bits per heavy atom. The number of aliphatic carboxylic acids is 1. The Balaban J connectivity index is 2.98. The number of aryl methyl sites for hydroxylation is 1. The van der Waals surface area contributed by atoms with Crippen molar-refractivity contribution in [1.82, 2.24) is 9.97 Å². The third-order valence-electron chi connectivity index (χ3n) is 2.91. The van der Waals surface area contributed by atoms with Gasteiger partial charge in [-0.05, 0) is 27.7 Å². The standard InChI is InChI=1S/C14H21N3O4/c1-5-21-13(20)11-8-15-14(16-10(11)4)17(9(2)3)7-6-12(18)19/h8-9H,5-7H2,1-4H3,(H,18,19). The Morgan fingerprint density at radius 2 is 2.10 bits per heavy atom. The van der Waals surface area contributed by atoms with Gasteiger partial charge in [0.2, 0.25) is 5.95 Å².